The van der Waals surface area contributed by atoms with Crippen LogP contribution in [-0.4, -0.2) is 27.1 Å². The molecule has 0 saturated carbocycles. The number of nitrogens with zero attached hydrogens (tertiary/aromatic N) is 2. The van der Waals surface area contributed by atoms with Crippen molar-refractivity contribution in [3.8, 4) is 11.3 Å². The first-order valence-electron chi connectivity index (χ1n) is 9.32. The Labute approximate surface area is 177 Å². The number of carbonyl (C=O) groups excluding carboxylic acids is 2. The van der Waals surface area contributed by atoms with Crippen LogP contribution < -0.4 is 5.32 Å². The Morgan fingerprint density at radius 2 is 1.80 bits per heavy atom. The molecule has 0 spiro atoms. The Morgan fingerprint density at radius 3 is 2.50 bits per heavy atom. The number of thioether (sulfide) groups is 1. The van der Waals surface area contributed by atoms with Gasteiger partial charge in [0.1, 0.15) is 0 Å². The van der Waals surface area contributed by atoms with Gasteiger partial charge in [0, 0.05) is 11.3 Å². The molecule has 4 rings (SSSR count). The summed E-state index contributed by atoms with van der Waals surface area (Å²) in [7, 11) is 0. The molecule has 2 aromatic heterocycles. The van der Waals surface area contributed by atoms with E-state index in [1.807, 2.05) is 61.5 Å². The van der Waals surface area contributed by atoms with Gasteiger partial charge in [0.15, 0.2) is 10.9 Å². The van der Waals surface area contributed by atoms with E-state index >= 15 is 0 Å². The van der Waals surface area contributed by atoms with Crippen LogP contribution in [0.2, 0.25) is 0 Å². The number of amides is 1. The highest BCUT2D eigenvalue weighted by Crippen LogP contribution is 2.27. The molecule has 30 heavy (non-hydrogen) atoms. The number of nitrogens with one attached hydrogen (secondary N) is 1. The van der Waals surface area contributed by atoms with Crippen molar-refractivity contribution >= 4 is 29.3 Å². The molecule has 0 radical (unpaired) electrons. The quantitative estimate of drug-likeness (QED) is 0.453. The maximum atomic E-state index is 13.1. The Balaban J connectivity index is 1.57. The van der Waals surface area contributed by atoms with Crippen LogP contribution in [0.15, 0.2) is 88.8 Å². The third kappa shape index (κ3) is 4.36. The molecule has 0 aliphatic rings. The van der Waals surface area contributed by atoms with Crippen LogP contribution in [0.4, 0.5) is 5.69 Å². The Bertz CT molecular complexity index is 1150. The summed E-state index contributed by atoms with van der Waals surface area (Å²) in [4.78, 5) is 29.8. The summed E-state index contributed by atoms with van der Waals surface area (Å²) < 4.78 is 6.78. The molecule has 0 atom stereocenters. The summed E-state index contributed by atoms with van der Waals surface area (Å²) in [5.74, 6) is -0.191. The molecule has 6 nitrogen and oxygen atoms in total. The van der Waals surface area contributed by atoms with Crippen molar-refractivity contribution in [3.63, 3.8) is 0 Å². The van der Waals surface area contributed by atoms with Crippen molar-refractivity contribution < 1.29 is 14.0 Å². The second-order valence-corrected chi connectivity index (χ2v) is 7.56. The standard InChI is InChI=1S/C23H19N3O3S/c1-16-9-11-18(12-10-16)25-21(27)15-30-23-24-14-19(17-6-3-2-4-7-17)26(23)22(28)20-8-5-13-29-20/h2-14H,15H2,1H3,(H,25,27). The van der Waals surface area contributed by atoms with Crippen LogP contribution in [0.3, 0.4) is 0 Å². The number of aromatic nitrogens is 2. The summed E-state index contributed by atoms with van der Waals surface area (Å²) in [6.07, 6.45) is 3.09. The number of carbonyl (C=O) groups is 2. The number of hydrogen-bond acceptors (Lipinski definition) is 5. The predicted octanol–water partition coefficient (Wildman–Crippen LogP) is 4.87. The lowest BCUT2D eigenvalue weighted by Gasteiger charge is -2.09. The van der Waals surface area contributed by atoms with Crippen LogP contribution >= 0.6 is 11.8 Å². The summed E-state index contributed by atoms with van der Waals surface area (Å²) in [5.41, 5.74) is 3.33. The minimum atomic E-state index is -0.335. The van der Waals surface area contributed by atoms with Gasteiger partial charge >= 0.3 is 0 Å². The van der Waals surface area contributed by atoms with Gasteiger partial charge in [0.25, 0.3) is 5.91 Å². The molecule has 0 aliphatic carbocycles. The van der Waals surface area contributed by atoms with E-state index in [9.17, 15) is 9.59 Å². The second-order valence-electron chi connectivity index (χ2n) is 6.61. The van der Waals surface area contributed by atoms with E-state index in [1.54, 1.807) is 18.3 Å². The molecular formula is C23H19N3O3S. The molecular weight excluding hydrogens is 398 g/mol. The van der Waals surface area contributed by atoms with E-state index in [1.165, 1.54) is 22.6 Å². The van der Waals surface area contributed by atoms with Gasteiger partial charge in [-0.15, -0.1) is 0 Å². The van der Waals surface area contributed by atoms with Gasteiger partial charge in [-0.2, -0.15) is 0 Å². The third-order valence-electron chi connectivity index (χ3n) is 4.40. The lowest BCUT2D eigenvalue weighted by molar-refractivity contribution is -0.113. The topological polar surface area (TPSA) is 77.1 Å². The van der Waals surface area contributed by atoms with Crippen molar-refractivity contribution in [1.29, 1.82) is 0 Å². The van der Waals surface area contributed by atoms with Crippen molar-refractivity contribution in [2.45, 2.75) is 12.1 Å². The van der Waals surface area contributed by atoms with E-state index in [0.717, 1.165) is 16.8 Å². The van der Waals surface area contributed by atoms with Crippen LogP contribution in [-0.2, 0) is 4.79 Å². The Hall–Kier alpha value is -3.58. The fraction of sp³-hybridized carbons (Fsp3) is 0.0870. The highest BCUT2D eigenvalue weighted by molar-refractivity contribution is 7.99. The first kappa shape index (κ1) is 19.7. The minimum absolute atomic E-state index is 0.116. The molecule has 1 amide bonds. The molecule has 150 valence electrons. The Kier molecular flexibility index (Phi) is 5.81. The third-order valence-corrected chi connectivity index (χ3v) is 5.35. The van der Waals surface area contributed by atoms with E-state index in [2.05, 4.69) is 10.3 Å². The van der Waals surface area contributed by atoms with Crippen LogP contribution in [0.1, 0.15) is 16.1 Å². The fourth-order valence-corrected chi connectivity index (χ4v) is 3.69. The van der Waals surface area contributed by atoms with Gasteiger partial charge in [-0.3, -0.25) is 14.2 Å². The summed E-state index contributed by atoms with van der Waals surface area (Å²) in [6.45, 7) is 1.99. The minimum Gasteiger partial charge on any atom is -0.459 e. The summed E-state index contributed by atoms with van der Waals surface area (Å²) >= 11 is 1.20. The highest BCUT2D eigenvalue weighted by Gasteiger charge is 2.22. The highest BCUT2D eigenvalue weighted by atomic mass is 32.2. The van der Waals surface area contributed by atoms with Crippen molar-refractivity contribution in [3.05, 3.63) is 90.5 Å². The maximum Gasteiger partial charge on any atom is 0.300 e. The number of rotatable bonds is 6. The average molecular weight is 417 g/mol. The zero-order chi connectivity index (χ0) is 20.9. The molecule has 0 fully saturated rings. The van der Waals surface area contributed by atoms with Gasteiger partial charge in [0.05, 0.1) is 23.9 Å². The van der Waals surface area contributed by atoms with Crippen molar-refractivity contribution in [2.24, 2.45) is 0 Å². The lowest BCUT2D eigenvalue weighted by Crippen LogP contribution is -2.17. The molecule has 0 unspecified atom stereocenters. The molecule has 0 aliphatic heterocycles. The van der Waals surface area contributed by atoms with Crippen molar-refractivity contribution in [1.82, 2.24) is 9.55 Å². The largest absolute Gasteiger partial charge is 0.459 e. The number of furan rings is 1. The zero-order valence-corrected chi connectivity index (χ0v) is 17.1. The van der Waals surface area contributed by atoms with E-state index in [-0.39, 0.29) is 23.3 Å². The van der Waals surface area contributed by atoms with E-state index < -0.39 is 0 Å². The summed E-state index contributed by atoms with van der Waals surface area (Å²) in [6, 6.07) is 20.3. The zero-order valence-electron chi connectivity index (χ0n) is 16.2. The number of aryl methyl sites for hydroxylation is 1. The van der Waals surface area contributed by atoms with Gasteiger partial charge in [-0.25, -0.2) is 4.98 Å². The van der Waals surface area contributed by atoms with Gasteiger partial charge in [-0.05, 0) is 31.2 Å². The molecule has 2 aromatic carbocycles. The van der Waals surface area contributed by atoms with Gasteiger partial charge < -0.3 is 9.73 Å². The SMILES string of the molecule is Cc1ccc(NC(=O)CSc2ncc(-c3ccccc3)n2C(=O)c2ccco2)cc1. The molecule has 0 bridgehead atoms. The Morgan fingerprint density at radius 1 is 1.03 bits per heavy atom. The first-order valence-corrected chi connectivity index (χ1v) is 10.3. The van der Waals surface area contributed by atoms with Crippen molar-refractivity contribution in [2.75, 3.05) is 11.1 Å². The first-order chi connectivity index (χ1) is 14.6. The summed E-state index contributed by atoms with van der Waals surface area (Å²) in [5, 5.41) is 3.28. The molecule has 0 saturated heterocycles. The molecule has 4 aromatic rings. The van der Waals surface area contributed by atoms with Crippen LogP contribution in [0.5, 0.6) is 0 Å². The predicted molar refractivity (Wildman–Crippen MR) is 117 cm³/mol. The normalized spacial score (nSPS) is 10.7. The number of benzene rings is 2. The second kappa shape index (κ2) is 8.84. The van der Waals surface area contributed by atoms with Gasteiger partial charge in [-0.1, -0.05) is 59.8 Å². The molecule has 1 N–H and O–H groups in total. The fourth-order valence-electron chi connectivity index (χ4n) is 2.92. The van der Waals surface area contributed by atoms with Gasteiger partial charge in [0.2, 0.25) is 5.91 Å². The number of imidazole rings is 1. The van der Waals surface area contributed by atoms with E-state index in [0.29, 0.717) is 10.9 Å². The van der Waals surface area contributed by atoms with Crippen LogP contribution in [0.25, 0.3) is 11.3 Å². The number of anilines is 1. The lowest BCUT2D eigenvalue weighted by atomic mass is 10.2. The van der Waals surface area contributed by atoms with E-state index in [4.69, 9.17) is 4.42 Å². The molecule has 2 heterocycles. The average Bonchev–Trinajstić information content (AvgIpc) is 3.44. The number of hydrogen-bond donors (Lipinski definition) is 1. The van der Waals surface area contributed by atoms with Crippen LogP contribution in [0, 0.1) is 6.92 Å². The smallest absolute Gasteiger partial charge is 0.300 e. The molecule has 7 heteroatoms. The maximum absolute atomic E-state index is 13.1. The monoisotopic (exact) mass is 417 g/mol.